The van der Waals surface area contributed by atoms with Crippen molar-refractivity contribution < 1.29 is 8.42 Å². The van der Waals surface area contributed by atoms with Crippen molar-refractivity contribution in [2.45, 2.75) is 44.6 Å². The van der Waals surface area contributed by atoms with Crippen LogP contribution in [0, 0.1) is 12.8 Å². The molecule has 4 rings (SSSR count). The first-order chi connectivity index (χ1) is 12.5. The van der Waals surface area contributed by atoms with Gasteiger partial charge in [-0.1, -0.05) is 6.07 Å². The lowest BCUT2D eigenvalue weighted by Gasteiger charge is -2.24. The Morgan fingerprint density at radius 1 is 1.23 bits per heavy atom. The number of nitrogens with one attached hydrogen (secondary N) is 1. The van der Waals surface area contributed by atoms with Gasteiger partial charge in [-0.05, 0) is 38.0 Å². The van der Waals surface area contributed by atoms with E-state index in [1.807, 2.05) is 42.1 Å². The minimum absolute atomic E-state index is 0.175. The van der Waals surface area contributed by atoms with Crippen molar-refractivity contribution in [1.29, 1.82) is 0 Å². The molecule has 3 heterocycles. The van der Waals surface area contributed by atoms with Crippen molar-refractivity contribution in [3.8, 4) is 0 Å². The van der Waals surface area contributed by atoms with Gasteiger partial charge in [0.2, 0.25) is 10.0 Å². The molecule has 0 bridgehead atoms. The van der Waals surface area contributed by atoms with E-state index in [0.717, 1.165) is 56.1 Å². The molecule has 2 aliphatic rings. The fourth-order valence-corrected chi connectivity index (χ4v) is 4.98. The minimum Gasteiger partial charge on any atom is -0.291 e. The standard InChI is InChI=1S/C18H25N5O2S/c1-14-3-2-4-16(21-14)12-22-10-15(9-20-26(24,25)18-5-6-18)11-23-17(13-22)7-8-19-23/h2-4,7-8,15,18,20H,5-6,9-13H2,1H3. The number of hydrogen-bond acceptors (Lipinski definition) is 5. The van der Waals surface area contributed by atoms with Crippen molar-refractivity contribution in [1.82, 2.24) is 24.4 Å². The molecule has 1 aliphatic carbocycles. The van der Waals surface area contributed by atoms with E-state index in [1.165, 1.54) is 0 Å². The normalized spacial score (nSPS) is 21.3. The summed E-state index contributed by atoms with van der Waals surface area (Å²) in [6, 6.07) is 8.10. The fourth-order valence-electron chi connectivity index (χ4n) is 3.52. The van der Waals surface area contributed by atoms with Gasteiger partial charge in [-0.2, -0.15) is 5.10 Å². The first kappa shape index (κ1) is 17.6. The molecule has 1 fully saturated rings. The Morgan fingerprint density at radius 2 is 2.08 bits per heavy atom. The second-order valence-electron chi connectivity index (χ2n) is 7.40. The average molecular weight is 375 g/mol. The van der Waals surface area contributed by atoms with Crippen LogP contribution in [0.4, 0.5) is 0 Å². The number of fused-ring (bicyclic) bond motifs is 1. The van der Waals surface area contributed by atoms with Crippen LogP contribution in [0.5, 0.6) is 0 Å². The number of sulfonamides is 1. The number of rotatable bonds is 6. The Balaban J connectivity index is 1.48. The zero-order valence-electron chi connectivity index (χ0n) is 15.0. The molecule has 1 N–H and O–H groups in total. The lowest BCUT2D eigenvalue weighted by atomic mass is 10.1. The molecule has 0 saturated heterocycles. The van der Waals surface area contributed by atoms with E-state index in [2.05, 4.69) is 19.7 Å². The average Bonchev–Trinajstić information content (AvgIpc) is 3.39. The van der Waals surface area contributed by atoms with Crippen LogP contribution in [-0.4, -0.2) is 46.4 Å². The third-order valence-electron chi connectivity index (χ3n) is 5.01. The highest BCUT2D eigenvalue weighted by molar-refractivity contribution is 7.90. The van der Waals surface area contributed by atoms with E-state index in [4.69, 9.17) is 0 Å². The molecule has 1 saturated carbocycles. The number of aromatic nitrogens is 3. The Kier molecular flexibility index (Phi) is 4.81. The molecule has 1 aliphatic heterocycles. The Hall–Kier alpha value is -1.77. The van der Waals surface area contributed by atoms with Gasteiger partial charge in [0.15, 0.2) is 0 Å². The van der Waals surface area contributed by atoms with E-state index in [0.29, 0.717) is 6.54 Å². The van der Waals surface area contributed by atoms with Crippen molar-refractivity contribution in [3.63, 3.8) is 0 Å². The van der Waals surface area contributed by atoms with Gasteiger partial charge in [0.1, 0.15) is 0 Å². The molecule has 1 unspecified atom stereocenters. The Morgan fingerprint density at radius 3 is 2.85 bits per heavy atom. The number of nitrogens with zero attached hydrogens (tertiary/aromatic N) is 4. The highest BCUT2D eigenvalue weighted by Gasteiger charge is 2.36. The third kappa shape index (κ3) is 4.13. The van der Waals surface area contributed by atoms with Gasteiger partial charge in [0.05, 0.1) is 16.6 Å². The Labute approximate surface area is 154 Å². The molecule has 2 aromatic heterocycles. The number of aryl methyl sites for hydroxylation is 1. The number of pyridine rings is 1. The van der Waals surface area contributed by atoms with Crippen molar-refractivity contribution in [3.05, 3.63) is 47.5 Å². The van der Waals surface area contributed by atoms with E-state index in [9.17, 15) is 8.42 Å². The zero-order valence-corrected chi connectivity index (χ0v) is 15.8. The monoisotopic (exact) mass is 375 g/mol. The van der Waals surface area contributed by atoms with Crippen molar-refractivity contribution >= 4 is 10.0 Å². The largest absolute Gasteiger partial charge is 0.291 e. The molecule has 0 aromatic carbocycles. The lowest BCUT2D eigenvalue weighted by Crippen LogP contribution is -2.37. The topological polar surface area (TPSA) is 80.1 Å². The molecule has 26 heavy (non-hydrogen) atoms. The van der Waals surface area contributed by atoms with Crippen LogP contribution in [0.15, 0.2) is 30.5 Å². The van der Waals surface area contributed by atoms with E-state index < -0.39 is 10.0 Å². The maximum absolute atomic E-state index is 12.2. The summed E-state index contributed by atoms with van der Waals surface area (Å²) in [5.74, 6) is 0.175. The first-order valence-corrected chi connectivity index (χ1v) is 10.7. The van der Waals surface area contributed by atoms with Crippen LogP contribution in [0.1, 0.15) is 29.9 Å². The molecular formula is C18H25N5O2S. The van der Waals surface area contributed by atoms with Crippen molar-refractivity contribution in [2.24, 2.45) is 5.92 Å². The summed E-state index contributed by atoms with van der Waals surface area (Å²) in [5.41, 5.74) is 3.21. The van der Waals surface area contributed by atoms with Gasteiger partial charge >= 0.3 is 0 Å². The summed E-state index contributed by atoms with van der Waals surface area (Å²) >= 11 is 0. The minimum atomic E-state index is -3.15. The molecular weight excluding hydrogens is 350 g/mol. The maximum atomic E-state index is 12.2. The van der Waals surface area contributed by atoms with Crippen LogP contribution in [0.2, 0.25) is 0 Å². The first-order valence-electron chi connectivity index (χ1n) is 9.14. The predicted molar refractivity (Wildman–Crippen MR) is 98.7 cm³/mol. The van der Waals surface area contributed by atoms with Crippen LogP contribution >= 0.6 is 0 Å². The molecule has 8 heteroatoms. The smallest absolute Gasteiger partial charge is 0.214 e. The second kappa shape index (κ2) is 7.09. The lowest BCUT2D eigenvalue weighted by molar-refractivity contribution is 0.219. The quantitative estimate of drug-likeness (QED) is 0.823. The highest BCUT2D eigenvalue weighted by Crippen LogP contribution is 2.27. The van der Waals surface area contributed by atoms with Crippen LogP contribution in [-0.2, 0) is 29.7 Å². The van der Waals surface area contributed by atoms with Crippen LogP contribution in [0.3, 0.4) is 0 Å². The zero-order chi connectivity index (χ0) is 18.1. The molecule has 0 spiro atoms. The Bertz CT molecular complexity index is 875. The van der Waals surface area contributed by atoms with Crippen LogP contribution < -0.4 is 4.72 Å². The van der Waals surface area contributed by atoms with Gasteiger partial charge in [-0.3, -0.25) is 14.6 Å². The van der Waals surface area contributed by atoms with Gasteiger partial charge in [0.25, 0.3) is 0 Å². The molecule has 140 valence electrons. The van der Waals surface area contributed by atoms with E-state index in [1.54, 1.807) is 0 Å². The fraction of sp³-hybridized carbons (Fsp3) is 0.556. The van der Waals surface area contributed by atoms with E-state index >= 15 is 0 Å². The highest BCUT2D eigenvalue weighted by atomic mass is 32.2. The van der Waals surface area contributed by atoms with Gasteiger partial charge in [0, 0.05) is 50.5 Å². The summed E-state index contributed by atoms with van der Waals surface area (Å²) in [7, 11) is -3.15. The van der Waals surface area contributed by atoms with Crippen molar-refractivity contribution in [2.75, 3.05) is 13.1 Å². The summed E-state index contributed by atoms with van der Waals surface area (Å²) in [6.45, 7) is 5.53. The van der Waals surface area contributed by atoms with E-state index in [-0.39, 0.29) is 11.2 Å². The molecule has 7 nitrogen and oxygen atoms in total. The SMILES string of the molecule is Cc1cccc(CN2Cc3ccnn3CC(CNS(=O)(=O)C3CC3)C2)n1. The van der Waals surface area contributed by atoms with Crippen LogP contribution in [0.25, 0.3) is 0 Å². The van der Waals surface area contributed by atoms with Gasteiger partial charge in [-0.15, -0.1) is 0 Å². The summed E-state index contributed by atoms with van der Waals surface area (Å²) < 4.78 is 29.2. The van der Waals surface area contributed by atoms with Gasteiger partial charge < -0.3 is 0 Å². The third-order valence-corrected chi connectivity index (χ3v) is 6.92. The molecule has 1 atom stereocenters. The second-order valence-corrected chi connectivity index (χ2v) is 9.45. The summed E-state index contributed by atoms with van der Waals surface area (Å²) in [4.78, 5) is 6.94. The molecule has 0 amide bonds. The summed E-state index contributed by atoms with van der Waals surface area (Å²) in [6.07, 6.45) is 3.39. The maximum Gasteiger partial charge on any atom is 0.214 e. The predicted octanol–water partition coefficient (Wildman–Crippen LogP) is 1.30. The molecule has 2 aromatic rings. The molecule has 0 radical (unpaired) electrons. The summed E-state index contributed by atoms with van der Waals surface area (Å²) in [5, 5.41) is 4.23. The van der Waals surface area contributed by atoms with Gasteiger partial charge in [-0.25, -0.2) is 13.1 Å². The number of hydrogen-bond donors (Lipinski definition) is 1.